The number of amides is 1. The Morgan fingerprint density at radius 2 is 2.15 bits per heavy atom. The van der Waals surface area contributed by atoms with Crippen LogP contribution in [0.3, 0.4) is 0 Å². The molecule has 0 aliphatic rings. The highest BCUT2D eigenvalue weighted by molar-refractivity contribution is 5.95. The number of hydrogen-bond acceptors (Lipinski definition) is 4. The van der Waals surface area contributed by atoms with Crippen molar-refractivity contribution < 1.29 is 13.9 Å². The van der Waals surface area contributed by atoms with Crippen molar-refractivity contribution in [2.75, 3.05) is 13.7 Å². The van der Waals surface area contributed by atoms with Gasteiger partial charge in [-0.25, -0.2) is 4.79 Å². The third-order valence-corrected chi connectivity index (χ3v) is 3.01. The van der Waals surface area contributed by atoms with Crippen molar-refractivity contribution in [1.82, 2.24) is 5.32 Å². The van der Waals surface area contributed by atoms with E-state index >= 15 is 0 Å². The van der Waals surface area contributed by atoms with E-state index in [1.54, 1.807) is 31.4 Å². The van der Waals surface area contributed by atoms with Crippen molar-refractivity contribution in [3.05, 3.63) is 40.4 Å². The van der Waals surface area contributed by atoms with Gasteiger partial charge in [0, 0.05) is 6.54 Å². The Hall–Kier alpha value is -2.30. The van der Waals surface area contributed by atoms with Crippen molar-refractivity contribution in [2.24, 2.45) is 0 Å². The second kappa shape index (κ2) is 6.23. The van der Waals surface area contributed by atoms with E-state index in [9.17, 15) is 9.59 Å². The molecule has 0 bridgehead atoms. The molecule has 0 radical (unpaired) electrons. The zero-order valence-electron chi connectivity index (χ0n) is 11.6. The lowest BCUT2D eigenvalue weighted by atomic mass is 10.1. The number of fused-ring (bicyclic) bond motifs is 1. The first kappa shape index (κ1) is 14.1. The van der Waals surface area contributed by atoms with Gasteiger partial charge in [-0.2, -0.15) is 0 Å². The minimum absolute atomic E-state index is 0.0202. The zero-order valence-corrected chi connectivity index (χ0v) is 11.6. The van der Waals surface area contributed by atoms with E-state index in [1.807, 2.05) is 6.92 Å². The molecule has 0 saturated heterocycles. The smallest absolute Gasteiger partial charge is 0.344 e. The van der Waals surface area contributed by atoms with Gasteiger partial charge in [-0.05, 0) is 36.1 Å². The van der Waals surface area contributed by atoms with Gasteiger partial charge in [0.25, 0.3) is 5.91 Å². The molecule has 0 unspecified atom stereocenters. The lowest BCUT2D eigenvalue weighted by Gasteiger charge is -2.05. The number of hydrogen-bond donors (Lipinski definition) is 1. The number of rotatable bonds is 5. The summed E-state index contributed by atoms with van der Waals surface area (Å²) in [4.78, 5) is 23.7. The maximum Gasteiger partial charge on any atom is 0.344 e. The van der Waals surface area contributed by atoms with Crippen LogP contribution in [0.5, 0.6) is 5.75 Å². The summed E-state index contributed by atoms with van der Waals surface area (Å²) in [5, 5.41) is 3.77. The molecule has 0 aliphatic heterocycles. The van der Waals surface area contributed by atoms with E-state index in [0.29, 0.717) is 23.1 Å². The fourth-order valence-electron chi connectivity index (χ4n) is 1.88. The van der Waals surface area contributed by atoms with Gasteiger partial charge in [0.05, 0.1) is 12.5 Å². The van der Waals surface area contributed by atoms with Crippen LogP contribution >= 0.6 is 0 Å². The molecule has 5 heteroatoms. The molecule has 2 rings (SSSR count). The van der Waals surface area contributed by atoms with Crippen LogP contribution in [0.1, 0.15) is 30.3 Å². The summed E-state index contributed by atoms with van der Waals surface area (Å²) >= 11 is 0. The number of unbranched alkanes of at least 4 members (excludes halogenated alkanes) is 1. The van der Waals surface area contributed by atoms with Gasteiger partial charge in [-0.1, -0.05) is 13.3 Å². The van der Waals surface area contributed by atoms with Gasteiger partial charge >= 0.3 is 5.63 Å². The van der Waals surface area contributed by atoms with E-state index < -0.39 is 5.63 Å². The first-order chi connectivity index (χ1) is 9.65. The molecular weight excluding hydrogens is 258 g/mol. The first-order valence-corrected chi connectivity index (χ1v) is 6.55. The predicted molar refractivity (Wildman–Crippen MR) is 76.3 cm³/mol. The van der Waals surface area contributed by atoms with E-state index in [1.165, 1.54) is 0 Å². The highest BCUT2D eigenvalue weighted by Crippen LogP contribution is 2.19. The summed E-state index contributed by atoms with van der Waals surface area (Å²) in [5.74, 6) is 0.271. The Morgan fingerprint density at radius 1 is 1.35 bits per heavy atom. The Kier molecular flexibility index (Phi) is 4.40. The monoisotopic (exact) mass is 275 g/mol. The van der Waals surface area contributed by atoms with Gasteiger partial charge in [-0.15, -0.1) is 0 Å². The minimum Gasteiger partial charge on any atom is -0.497 e. The Balaban J connectivity index is 2.35. The first-order valence-electron chi connectivity index (χ1n) is 6.55. The SMILES string of the molecule is CCCCNC(=O)c1cc2cc(OC)ccc2c(=O)o1. The zero-order chi connectivity index (χ0) is 14.5. The molecular formula is C15H17NO4. The predicted octanol–water partition coefficient (Wildman–Crippen LogP) is 2.33. The molecule has 106 valence electrons. The molecule has 5 nitrogen and oxygen atoms in total. The standard InChI is InChI=1S/C15H17NO4/c1-3-4-7-16-14(17)13-9-10-8-11(19-2)5-6-12(10)15(18)20-13/h5-6,8-9H,3-4,7H2,1-2H3,(H,16,17). The van der Waals surface area contributed by atoms with Crippen LogP contribution in [-0.4, -0.2) is 19.6 Å². The van der Waals surface area contributed by atoms with Crippen molar-refractivity contribution in [1.29, 1.82) is 0 Å². The molecule has 0 saturated carbocycles. The maximum atomic E-state index is 11.9. The van der Waals surface area contributed by atoms with E-state index in [-0.39, 0.29) is 11.7 Å². The van der Waals surface area contributed by atoms with Gasteiger partial charge in [0.15, 0.2) is 5.76 Å². The topological polar surface area (TPSA) is 68.5 Å². The van der Waals surface area contributed by atoms with Crippen molar-refractivity contribution in [3.63, 3.8) is 0 Å². The largest absolute Gasteiger partial charge is 0.497 e. The number of carbonyl (C=O) groups is 1. The summed E-state index contributed by atoms with van der Waals surface area (Å²) in [6.07, 6.45) is 1.87. The molecule has 0 spiro atoms. The second-order valence-electron chi connectivity index (χ2n) is 4.46. The summed E-state index contributed by atoms with van der Waals surface area (Å²) in [5.41, 5.74) is -0.522. The molecule has 2 aromatic rings. The number of nitrogens with one attached hydrogen (secondary N) is 1. The molecule has 1 aromatic heterocycles. The summed E-state index contributed by atoms with van der Waals surface area (Å²) in [6.45, 7) is 2.60. The average Bonchev–Trinajstić information content (AvgIpc) is 2.46. The fraction of sp³-hybridized carbons (Fsp3) is 0.333. The lowest BCUT2D eigenvalue weighted by Crippen LogP contribution is -2.25. The number of ether oxygens (including phenoxy) is 1. The van der Waals surface area contributed by atoms with E-state index in [4.69, 9.17) is 9.15 Å². The highest BCUT2D eigenvalue weighted by Gasteiger charge is 2.12. The van der Waals surface area contributed by atoms with E-state index in [0.717, 1.165) is 12.8 Å². The van der Waals surface area contributed by atoms with Gasteiger partial charge < -0.3 is 14.5 Å². The Morgan fingerprint density at radius 3 is 2.85 bits per heavy atom. The second-order valence-corrected chi connectivity index (χ2v) is 4.46. The van der Waals surface area contributed by atoms with Crippen LogP contribution in [0.25, 0.3) is 10.8 Å². The summed E-state index contributed by atoms with van der Waals surface area (Å²) in [6, 6.07) is 6.56. The summed E-state index contributed by atoms with van der Waals surface area (Å²) in [7, 11) is 1.55. The quantitative estimate of drug-likeness (QED) is 0.850. The van der Waals surface area contributed by atoms with Crippen LogP contribution in [0.2, 0.25) is 0 Å². The van der Waals surface area contributed by atoms with Crippen molar-refractivity contribution >= 4 is 16.7 Å². The van der Waals surface area contributed by atoms with Crippen LogP contribution in [-0.2, 0) is 0 Å². The molecule has 0 fully saturated rings. The molecule has 1 aromatic carbocycles. The van der Waals surface area contributed by atoms with Gasteiger partial charge in [0.1, 0.15) is 5.75 Å². The molecule has 0 atom stereocenters. The number of carbonyl (C=O) groups excluding carboxylic acids is 1. The van der Waals surface area contributed by atoms with Gasteiger partial charge in [-0.3, -0.25) is 4.79 Å². The normalized spacial score (nSPS) is 10.5. The molecule has 1 N–H and O–H groups in total. The number of methoxy groups -OCH3 is 1. The van der Waals surface area contributed by atoms with E-state index in [2.05, 4.69) is 5.32 Å². The Labute approximate surface area is 116 Å². The van der Waals surface area contributed by atoms with Crippen LogP contribution in [0, 0.1) is 0 Å². The fourth-order valence-corrected chi connectivity index (χ4v) is 1.88. The highest BCUT2D eigenvalue weighted by atomic mass is 16.5. The Bertz CT molecular complexity index is 675. The van der Waals surface area contributed by atoms with Crippen LogP contribution in [0.15, 0.2) is 33.5 Å². The van der Waals surface area contributed by atoms with Crippen LogP contribution in [0.4, 0.5) is 0 Å². The summed E-state index contributed by atoms with van der Waals surface area (Å²) < 4.78 is 10.2. The van der Waals surface area contributed by atoms with Crippen molar-refractivity contribution in [3.8, 4) is 5.75 Å². The number of benzene rings is 1. The average molecular weight is 275 g/mol. The minimum atomic E-state index is -0.522. The maximum absolute atomic E-state index is 11.9. The van der Waals surface area contributed by atoms with Crippen LogP contribution < -0.4 is 15.7 Å². The molecule has 20 heavy (non-hydrogen) atoms. The molecule has 1 heterocycles. The molecule has 0 aliphatic carbocycles. The third kappa shape index (κ3) is 2.99. The third-order valence-electron chi connectivity index (χ3n) is 3.01. The van der Waals surface area contributed by atoms with Crippen molar-refractivity contribution in [2.45, 2.75) is 19.8 Å². The molecule has 1 amide bonds. The lowest BCUT2D eigenvalue weighted by molar-refractivity contribution is 0.0921. The van der Waals surface area contributed by atoms with Gasteiger partial charge in [0.2, 0.25) is 0 Å².